The van der Waals surface area contributed by atoms with Crippen LogP contribution in [0.25, 0.3) is 0 Å². The Morgan fingerprint density at radius 1 is 0.897 bits per heavy atom. The molecule has 6 heteroatoms. The first-order chi connectivity index (χ1) is 13.8. The quantitative estimate of drug-likeness (QED) is 0.577. The number of halogens is 3. The van der Waals surface area contributed by atoms with Crippen molar-refractivity contribution in [1.82, 2.24) is 0 Å². The molecule has 0 aliphatic heterocycles. The highest BCUT2D eigenvalue weighted by Crippen LogP contribution is 2.21. The van der Waals surface area contributed by atoms with Crippen molar-refractivity contribution in [2.24, 2.45) is 0 Å². The van der Waals surface area contributed by atoms with Crippen molar-refractivity contribution in [3.05, 3.63) is 99.6 Å². The van der Waals surface area contributed by atoms with Crippen molar-refractivity contribution in [3.8, 4) is 0 Å². The molecule has 1 amide bonds. The Morgan fingerprint density at radius 2 is 1.59 bits per heavy atom. The maximum Gasteiger partial charge on any atom is 0.258 e. The first-order valence-corrected chi connectivity index (χ1v) is 9.31. The molecular formula is C23H18ClF2NO2. The molecule has 0 saturated carbocycles. The number of rotatable bonds is 6. The van der Waals surface area contributed by atoms with Gasteiger partial charge in [0.1, 0.15) is 17.4 Å². The summed E-state index contributed by atoms with van der Waals surface area (Å²) >= 11 is 5.80. The van der Waals surface area contributed by atoms with Gasteiger partial charge in [-0.1, -0.05) is 47.5 Å². The van der Waals surface area contributed by atoms with Crippen molar-refractivity contribution < 1.29 is 18.4 Å². The highest BCUT2D eigenvalue weighted by Gasteiger charge is 2.15. The molecule has 0 unspecified atom stereocenters. The highest BCUT2D eigenvalue weighted by molar-refractivity contribution is 6.31. The molecule has 0 bridgehead atoms. The Labute approximate surface area is 172 Å². The number of amides is 1. The van der Waals surface area contributed by atoms with E-state index in [0.29, 0.717) is 5.56 Å². The van der Waals surface area contributed by atoms with Crippen molar-refractivity contribution in [2.45, 2.75) is 19.8 Å². The molecule has 0 aromatic heterocycles. The third kappa shape index (κ3) is 5.48. The minimum atomic E-state index is -0.827. The number of Topliss-reactive ketones (excluding diaryl/α,β-unsaturated/α-hetero) is 1. The van der Waals surface area contributed by atoms with Crippen LogP contribution in [-0.2, 0) is 17.6 Å². The molecule has 148 valence electrons. The summed E-state index contributed by atoms with van der Waals surface area (Å²) in [6.07, 6.45) is 0.344. The number of carbonyl (C=O) groups is 2. The van der Waals surface area contributed by atoms with Gasteiger partial charge in [-0.3, -0.25) is 9.59 Å². The minimum Gasteiger partial charge on any atom is -0.319 e. The molecule has 0 radical (unpaired) electrons. The van der Waals surface area contributed by atoms with Crippen LogP contribution in [-0.4, -0.2) is 11.7 Å². The smallest absolute Gasteiger partial charge is 0.258 e. The molecule has 3 aromatic rings. The number of benzene rings is 3. The lowest BCUT2D eigenvalue weighted by molar-refractivity contribution is -0.117. The summed E-state index contributed by atoms with van der Waals surface area (Å²) in [5.74, 6) is -2.32. The Kier molecular flexibility index (Phi) is 6.39. The monoisotopic (exact) mass is 413 g/mol. The summed E-state index contributed by atoms with van der Waals surface area (Å²) in [5, 5.41) is 2.53. The molecule has 0 saturated heterocycles. The van der Waals surface area contributed by atoms with Crippen LogP contribution in [0.2, 0.25) is 5.02 Å². The topological polar surface area (TPSA) is 46.2 Å². The van der Waals surface area contributed by atoms with Crippen LogP contribution in [0.1, 0.15) is 27.0 Å². The Morgan fingerprint density at radius 3 is 2.31 bits per heavy atom. The van der Waals surface area contributed by atoms with E-state index in [1.165, 1.54) is 30.3 Å². The van der Waals surface area contributed by atoms with Gasteiger partial charge in [0, 0.05) is 17.9 Å². The Bertz CT molecular complexity index is 1080. The van der Waals surface area contributed by atoms with E-state index in [4.69, 9.17) is 11.6 Å². The first-order valence-electron chi connectivity index (χ1n) is 8.94. The summed E-state index contributed by atoms with van der Waals surface area (Å²) in [6.45, 7) is 1.95. The third-order valence-corrected chi connectivity index (χ3v) is 4.57. The lowest BCUT2D eigenvalue weighted by atomic mass is 10.0. The SMILES string of the molecule is Cc1cccc(CC(=O)Cc2ccc(F)c(NC(=O)c3cc(Cl)ccc3F)c2)c1. The normalized spacial score (nSPS) is 10.6. The summed E-state index contributed by atoms with van der Waals surface area (Å²) in [7, 11) is 0. The van der Waals surface area contributed by atoms with Crippen LogP contribution in [0, 0.1) is 18.6 Å². The van der Waals surface area contributed by atoms with E-state index in [9.17, 15) is 18.4 Å². The van der Waals surface area contributed by atoms with Gasteiger partial charge in [-0.05, 0) is 48.4 Å². The van der Waals surface area contributed by atoms with Gasteiger partial charge in [-0.15, -0.1) is 0 Å². The summed E-state index contributed by atoms with van der Waals surface area (Å²) in [6, 6.07) is 15.2. The fraction of sp³-hybridized carbons (Fsp3) is 0.130. The van der Waals surface area contributed by atoms with Crippen LogP contribution in [0.5, 0.6) is 0 Å². The summed E-state index contributed by atoms with van der Waals surface area (Å²) in [5.41, 5.74) is 2.09. The molecule has 0 heterocycles. The molecule has 0 fully saturated rings. The molecule has 0 spiro atoms. The van der Waals surface area contributed by atoms with E-state index in [2.05, 4.69) is 5.32 Å². The summed E-state index contributed by atoms with van der Waals surface area (Å²) in [4.78, 5) is 24.7. The average Bonchev–Trinajstić information content (AvgIpc) is 2.66. The largest absolute Gasteiger partial charge is 0.319 e. The van der Waals surface area contributed by atoms with Crippen LogP contribution in [0.4, 0.5) is 14.5 Å². The van der Waals surface area contributed by atoms with E-state index in [0.717, 1.165) is 17.2 Å². The zero-order chi connectivity index (χ0) is 21.0. The van der Waals surface area contributed by atoms with E-state index >= 15 is 0 Å². The molecular weight excluding hydrogens is 396 g/mol. The van der Waals surface area contributed by atoms with Gasteiger partial charge in [0.25, 0.3) is 5.91 Å². The minimum absolute atomic E-state index is 0.0413. The van der Waals surface area contributed by atoms with Crippen LogP contribution < -0.4 is 5.32 Å². The third-order valence-electron chi connectivity index (χ3n) is 4.34. The molecule has 3 aromatic carbocycles. The first kappa shape index (κ1) is 20.7. The van der Waals surface area contributed by atoms with Gasteiger partial charge in [0.05, 0.1) is 11.3 Å². The predicted molar refractivity (Wildman–Crippen MR) is 109 cm³/mol. The van der Waals surface area contributed by atoms with Gasteiger partial charge in [0.2, 0.25) is 0 Å². The van der Waals surface area contributed by atoms with Crippen LogP contribution >= 0.6 is 11.6 Å². The standard InChI is InChI=1S/C23H18ClF2NO2/c1-14-3-2-4-15(9-14)10-18(28)11-16-5-7-21(26)22(12-16)27-23(29)19-13-17(24)6-8-20(19)25/h2-9,12-13H,10-11H2,1H3,(H,27,29). The van der Waals surface area contributed by atoms with E-state index in [1.807, 2.05) is 31.2 Å². The highest BCUT2D eigenvalue weighted by atomic mass is 35.5. The molecule has 3 nitrogen and oxygen atoms in total. The molecule has 3 rings (SSSR count). The van der Waals surface area contributed by atoms with Crippen molar-refractivity contribution in [1.29, 1.82) is 0 Å². The van der Waals surface area contributed by atoms with Crippen molar-refractivity contribution in [2.75, 3.05) is 5.32 Å². The zero-order valence-electron chi connectivity index (χ0n) is 15.6. The molecule has 0 aliphatic carbocycles. The van der Waals surface area contributed by atoms with Gasteiger partial charge < -0.3 is 5.32 Å². The number of hydrogen-bond donors (Lipinski definition) is 1. The number of ketones is 1. The number of anilines is 1. The zero-order valence-corrected chi connectivity index (χ0v) is 16.4. The van der Waals surface area contributed by atoms with Crippen molar-refractivity contribution >= 4 is 29.0 Å². The second kappa shape index (κ2) is 8.97. The predicted octanol–water partition coefficient (Wildman–Crippen LogP) is 5.53. The lowest BCUT2D eigenvalue weighted by Gasteiger charge is -2.10. The fourth-order valence-electron chi connectivity index (χ4n) is 2.98. The molecule has 29 heavy (non-hydrogen) atoms. The van der Waals surface area contributed by atoms with Gasteiger partial charge in [-0.25, -0.2) is 8.78 Å². The number of nitrogens with one attached hydrogen (secondary N) is 1. The number of carbonyl (C=O) groups excluding carboxylic acids is 2. The average molecular weight is 414 g/mol. The molecule has 0 atom stereocenters. The van der Waals surface area contributed by atoms with E-state index in [1.54, 1.807) is 0 Å². The van der Waals surface area contributed by atoms with Crippen molar-refractivity contribution in [3.63, 3.8) is 0 Å². The van der Waals surface area contributed by atoms with Gasteiger partial charge >= 0.3 is 0 Å². The van der Waals surface area contributed by atoms with E-state index < -0.39 is 17.5 Å². The maximum absolute atomic E-state index is 14.1. The Balaban J connectivity index is 1.73. The number of aryl methyl sites for hydroxylation is 1. The van der Waals surface area contributed by atoms with Crippen LogP contribution in [0.3, 0.4) is 0 Å². The second-order valence-corrected chi connectivity index (χ2v) is 7.21. The second-order valence-electron chi connectivity index (χ2n) is 6.77. The molecule has 1 N–H and O–H groups in total. The lowest BCUT2D eigenvalue weighted by Crippen LogP contribution is -2.15. The van der Waals surface area contributed by atoms with Crippen LogP contribution in [0.15, 0.2) is 60.7 Å². The summed E-state index contributed by atoms with van der Waals surface area (Å²) < 4.78 is 28.0. The van der Waals surface area contributed by atoms with Gasteiger partial charge in [0.15, 0.2) is 0 Å². The Hall–Kier alpha value is -3.05. The number of hydrogen-bond acceptors (Lipinski definition) is 2. The van der Waals surface area contributed by atoms with Gasteiger partial charge in [-0.2, -0.15) is 0 Å². The fourth-order valence-corrected chi connectivity index (χ4v) is 3.15. The van der Waals surface area contributed by atoms with E-state index in [-0.39, 0.29) is 34.9 Å². The maximum atomic E-state index is 14.1. The molecule has 0 aliphatic rings.